The standard InChI is InChI=1S/C20H22O5.C18H18O6.C12H12O4.C7H16O3.C6H6O3.C6H12O/c1-5-7-11-10-14(22)24-19-15(11)18-12(8-9-20(3,4)25-18)17(23)16(19)13(21)6-2;1-3-5-9-8-13(21)24-18-14(9)17-10(6-7-12(20)23-17)16(22)15(18)11(19)4-2;1-2-3-7-4-11(15)16-10-6-8(13)5-9(14)12(7)10;1-7(2,8)5-6(9-3)10-4;7-4-1-5(8)3-6(9)2-4;1-3-5-6(7)4-2/h8-10,23H,5-7H2,1-4H3;6-8,12,20,22H,3-5H2,1-2H3;4-6,13-14H,2-3H2,1H3;6,8H,5H2,1-4H3;1-3,7-9H;3-5H2,1-2H3. The highest BCUT2D eigenvalue weighted by atomic mass is 16.7. The van der Waals surface area contributed by atoms with Gasteiger partial charge in [0.25, 0.3) is 0 Å². The van der Waals surface area contributed by atoms with Crippen molar-refractivity contribution in [2.75, 3.05) is 14.2 Å². The summed E-state index contributed by atoms with van der Waals surface area (Å²) in [4.78, 5) is 70.4. The van der Waals surface area contributed by atoms with Gasteiger partial charge in [0.05, 0.1) is 32.9 Å². The number of fused-ring (bicyclic) bond motifs is 7. The van der Waals surface area contributed by atoms with E-state index in [1.165, 1.54) is 42.5 Å². The summed E-state index contributed by atoms with van der Waals surface area (Å²) >= 11 is 0. The van der Waals surface area contributed by atoms with Crippen LogP contribution in [0, 0.1) is 0 Å². The number of rotatable bonds is 17. The molecule has 0 saturated heterocycles. The molecule has 4 aromatic carbocycles. The Morgan fingerprint density at radius 3 is 1.40 bits per heavy atom. The van der Waals surface area contributed by atoms with Gasteiger partial charge in [-0.2, -0.15) is 0 Å². The summed E-state index contributed by atoms with van der Waals surface area (Å²) in [5, 5.41) is 86.9. The molecule has 22 nitrogen and oxygen atoms in total. The van der Waals surface area contributed by atoms with Crippen LogP contribution in [0.4, 0.5) is 0 Å². The predicted molar refractivity (Wildman–Crippen MR) is 345 cm³/mol. The topological polar surface area (TPSA) is 361 Å². The minimum Gasteiger partial charge on any atom is -0.508 e. The molecule has 91 heavy (non-hydrogen) atoms. The van der Waals surface area contributed by atoms with Crippen molar-refractivity contribution in [3.63, 3.8) is 0 Å². The Hall–Kier alpha value is -8.96. The third-order valence-corrected chi connectivity index (χ3v) is 13.8. The normalized spacial score (nSPS) is 13.3. The fourth-order valence-electron chi connectivity index (χ4n) is 9.68. The average molecular weight is 1270 g/mol. The summed E-state index contributed by atoms with van der Waals surface area (Å²) in [6.45, 7) is 20.5. The van der Waals surface area contributed by atoms with Crippen molar-refractivity contribution < 1.29 is 92.5 Å². The molecule has 0 aliphatic carbocycles. The number of ether oxygens (including phenoxy) is 4. The number of benzene rings is 4. The zero-order valence-corrected chi connectivity index (χ0v) is 53.9. The fraction of sp³-hybridized carbons (Fsp3) is 0.420. The van der Waals surface area contributed by atoms with Gasteiger partial charge in [-0.25, -0.2) is 14.4 Å². The number of aryl methyl sites for hydroxylation is 3. The van der Waals surface area contributed by atoms with Crippen molar-refractivity contribution >= 4 is 62.4 Å². The zero-order chi connectivity index (χ0) is 68.2. The maximum atomic E-state index is 12.5. The first-order valence-electron chi connectivity index (χ1n) is 30.1. The summed E-state index contributed by atoms with van der Waals surface area (Å²) in [6.07, 6.45) is 12.6. The van der Waals surface area contributed by atoms with Crippen LogP contribution in [0.1, 0.15) is 182 Å². The van der Waals surface area contributed by atoms with Gasteiger partial charge in [-0.1, -0.05) is 67.7 Å². The average Bonchev–Trinajstić information content (AvgIpc) is 0.747. The molecular weight excluding hydrogens is 1180 g/mol. The third kappa shape index (κ3) is 20.3. The second-order valence-corrected chi connectivity index (χ2v) is 22.4. The minimum atomic E-state index is -1.17. The first-order valence-corrected chi connectivity index (χ1v) is 30.1. The molecule has 0 amide bonds. The van der Waals surface area contributed by atoms with E-state index in [-0.39, 0.29) is 105 Å². The lowest BCUT2D eigenvalue weighted by Gasteiger charge is -2.30. The number of hydrogen-bond donors (Lipinski definition) is 9. The molecule has 1 unspecified atom stereocenters. The number of aromatic hydroxyl groups is 7. The van der Waals surface area contributed by atoms with Crippen LogP contribution in [-0.4, -0.2) is 101 Å². The van der Waals surface area contributed by atoms with Crippen LogP contribution in [-0.2, 0) is 33.5 Å². The Bertz CT molecular complexity index is 3870. The van der Waals surface area contributed by atoms with Crippen molar-refractivity contribution in [2.45, 2.75) is 177 Å². The molecule has 2 aliphatic rings. The van der Waals surface area contributed by atoms with Crippen molar-refractivity contribution in [3.05, 3.63) is 131 Å². The van der Waals surface area contributed by atoms with Gasteiger partial charge < -0.3 is 78.2 Å². The number of ketones is 3. The monoisotopic (exact) mass is 1270 g/mol. The molecule has 5 heterocycles. The van der Waals surface area contributed by atoms with Gasteiger partial charge in [0.15, 0.2) is 29.0 Å². The maximum Gasteiger partial charge on any atom is 0.336 e. The number of phenolic OH excluding ortho intramolecular Hbond substituents is 7. The van der Waals surface area contributed by atoms with Crippen LogP contribution >= 0.6 is 0 Å². The van der Waals surface area contributed by atoms with Crippen LogP contribution in [0.3, 0.4) is 0 Å². The number of phenols is 7. The number of aliphatic hydroxyl groups excluding tert-OH is 1. The summed E-state index contributed by atoms with van der Waals surface area (Å²) < 4.78 is 36.9. The Kier molecular flexibility index (Phi) is 27.6. The third-order valence-electron chi connectivity index (χ3n) is 13.8. The number of carbonyl (C=O) groups is 3. The molecular formula is C69H86O22. The first kappa shape index (κ1) is 74.5. The molecule has 1 atom stereocenters. The number of methoxy groups -OCH3 is 2. The minimum absolute atomic E-state index is 0.0107. The largest absolute Gasteiger partial charge is 0.508 e. The number of Topliss-reactive ketones (excluding diaryl/α,β-unsaturated/α-hetero) is 3. The lowest BCUT2D eigenvalue weighted by Crippen LogP contribution is -2.28. The second kappa shape index (κ2) is 33.7. The van der Waals surface area contributed by atoms with Gasteiger partial charge in [0, 0.05) is 94.9 Å². The van der Waals surface area contributed by atoms with E-state index in [0.29, 0.717) is 76.5 Å². The fourth-order valence-corrected chi connectivity index (χ4v) is 9.68. The van der Waals surface area contributed by atoms with Crippen LogP contribution in [0.15, 0.2) is 88.3 Å². The van der Waals surface area contributed by atoms with E-state index < -0.39 is 34.4 Å². The van der Waals surface area contributed by atoms with Crippen molar-refractivity contribution in [1.82, 2.24) is 0 Å². The van der Waals surface area contributed by atoms with Gasteiger partial charge in [-0.3, -0.25) is 14.4 Å². The van der Waals surface area contributed by atoms with E-state index in [4.69, 9.17) is 47.5 Å². The van der Waals surface area contributed by atoms with E-state index in [0.717, 1.165) is 61.4 Å². The lowest BCUT2D eigenvalue weighted by molar-refractivity contribution is -0.136. The van der Waals surface area contributed by atoms with E-state index in [2.05, 4.69) is 0 Å². The molecule has 3 aromatic heterocycles. The van der Waals surface area contributed by atoms with Crippen LogP contribution in [0.2, 0.25) is 0 Å². The molecule has 0 saturated carbocycles. The highest BCUT2D eigenvalue weighted by Gasteiger charge is 2.33. The van der Waals surface area contributed by atoms with Gasteiger partial charge >= 0.3 is 16.9 Å². The zero-order valence-electron chi connectivity index (χ0n) is 53.9. The Balaban J connectivity index is 0.000000247. The molecule has 0 radical (unpaired) electrons. The number of carbonyl (C=O) groups excluding carboxylic acids is 3. The molecule has 0 bridgehead atoms. The molecule has 0 fully saturated rings. The van der Waals surface area contributed by atoms with Gasteiger partial charge in [0.1, 0.15) is 79.8 Å². The van der Waals surface area contributed by atoms with E-state index in [1.807, 2.05) is 54.5 Å². The summed E-state index contributed by atoms with van der Waals surface area (Å²) in [5.74, 6) is -0.685. The van der Waals surface area contributed by atoms with E-state index in [1.54, 1.807) is 48.0 Å². The maximum absolute atomic E-state index is 12.5. The quantitative estimate of drug-likeness (QED) is 0.0232. The van der Waals surface area contributed by atoms with Crippen LogP contribution in [0.25, 0.3) is 45.1 Å². The van der Waals surface area contributed by atoms with Gasteiger partial charge in [0.2, 0.25) is 6.29 Å². The molecule has 9 rings (SSSR count). The summed E-state index contributed by atoms with van der Waals surface area (Å²) in [5.41, 5.74) is 0.402. The highest BCUT2D eigenvalue weighted by molar-refractivity contribution is 6.13. The molecule has 7 aromatic rings. The van der Waals surface area contributed by atoms with Crippen molar-refractivity contribution in [3.8, 4) is 51.7 Å². The summed E-state index contributed by atoms with van der Waals surface area (Å²) in [6, 6.07) is 10.2. The van der Waals surface area contributed by atoms with Gasteiger partial charge in [-0.15, -0.1) is 0 Å². The summed E-state index contributed by atoms with van der Waals surface area (Å²) in [7, 11) is 3.11. The van der Waals surface area contributed by atoms with Crippen LogP contribution < -0.4 is 26.4 Å². The van der Waals surface area contributed by atoms with Crippen LogP contribution in [0.5, 0.6) is 51.7 Å². The Morgan fingerprint density at radius 2 is 1.00 bits per heavy atom. The molecule has 0 spiro atoms. The number of aliphatic hydroxyl groups is 2. The van der Waals surface area contributed by atoms with E-state index in [9.17, 15) is 59.4 Å². The molecule has 494 valence electrons. The second-order valence-electron chi connectivity index (χ2n) is 22.4. The molecule has 9 N–H and O–H groups in total. The SMILES string of the molecule is CCCC(=O)CC.CCCc1cc(=O)oc2c(C(=O)CC)c(O)c3c(c12)OC(C)(C)C=C3.CCCc1cc(=O)oc2c(C(=O)CC)c(O)c3c(c12)OC(O)C=C3.CCCc1cc(=O)oc2cc(O)cc(O)c12.COC(CC(C)(C)O)OC.Oc1cc(O)cc(O)c1. The van der Waals surface area contributed by atoms with Crippen molar-refractivity contribution in [2.24, 2.45) is 0 Å². The van der Waals surface area contributed by atoms with E-state index >= 15 is 0 Å². The molecule has 22 heteroatoms. The predicted octanol–water partition coefficient (Wildman–Crippen LogP) is 12.5. The lowest BCUT2D eigenvalue weighted by atomic mass is 9.92. The Labute approximate surface area is 526 Å². The smallest absolute Gasteiger partial charge is 0.336 e. The van der Waals surface area contributed by atoms with Gasteiger partial charge in [-0.05, 0) is 94.4 Å². The number of hydrogen-bond acceptors (Lipinski definition) is 22. The first-order chi connectivity index (χ1) is 42.9. The van der Waals surface area contributed by atoms with Crippen molar-refractivity contribution in [1.29, 1.82) is 0 Å². The molecule has 2 aliphatic heterocycles. The Morgan fingerprint density at radius 1 is 0.571 bits per heavy atom. The highest BCUT2D eigenvalue weighted by Crippen LogP contribution is 2.48.